The second-order valence-corrected chi connectivity index (χ2v) is 7.93. The van der Waals surface area contributed by atoms with E-state index in [4.69, 9.17) is 9.31 Å². The first-order chi connectivity index (χ1) is 10.5. The highest BCUT2D eigenvalue weighted by atomic mass is 16.7. The van der Waals surface area contributed by atoms with Crippen molar-refractivity contribution in [2.24, 2.45) is 16.7 Å². The summed E-state index contributed by atoms with van der Waals surface area (Å²) in [6.07, 6.45) is 5.27. The number of benzene rings is 1. The van der Waals surface area contributed by atoms with Crippen LogP contribution in [0.25, 0.3) is 0 Å². The molecule has 3 fully saturated rings. The third-order valence-corrected chi connectivity index (χ3v) is 7.07. The van der Waals surface area contributed by atoms with E-state index in [0.717, 1.165) is 6.32 Å². The Morgan fingerprint density at radius 1 is 1.27 bits per heavy atom. The molecule has 2 saturated carbocycles. The summed E-state index contributed by atoms with van der Waals surface area (Å²) < 4.78 is 13.1. The SMILES string of the molecule is C=CCB1O[C@H]2[C@@H]3CC[C@@](C)(C3(C)C)[C@@]2(c2ccccc2)O1. The minimum atomic E-state index is -0.311. The first-order valence-corrected chi connectivity index (χ1v) is 8.47. The molecule has 3 aliphatic rings. The first-order valence-electron chi connectivity index (χ1n) is 8.47. The molecule has 0 aromatic heterocycles. The van der Waals surface area contributed by atoms with E-state index in [2.05, 4.69) is 57.7 Å². The van der Waals surface area contributed by atoms with Crippen molar-refractivity contribution in [3.05, 3.63) is 48.6 Å². The minimum absolute atomic E-state index is 0.104. The summed E-state index contributed by atoms with van der Waals surface area (Å²) in [6, 6.07) is 10.7. The van der Waals surface area contributed by atoms with Crippen molar-refractivity contribution >= 4 is 7.12 Å². The van der Waals surface area contributed by atoms with Crippen molar-refractivity contribution in [2.45, 2.75) is 51.6 Å². The molecule has 3 heteroatoms. The highest BCUT2D eigenvalue weighted by molar-refractivity contribution is 6.46. The van der Waals surface area contributed by atoms with Crippen LogP contribution in [0.1, 0.15) is 39.2 Å². The van der Waals surface area contributed by atoms with E-state index in [1.807, 2.05) is 6.08 Å². The van der Waals surface area contributed by atoms with Crippen LogP contribution in [0.2, 0.25) is 6.32 Å². The van der Waals surface area contributed by atoms with Gasteiger partial charge >= 0.3 is 7.12 Å². The molecule has 0 N–H and O–H groups in total. The fourth-order valence-electron chi connectivity index (χ4n) is 5.59. The van der Waals surface area contributed by atoms with E-state index in [9.17, 15) is 0 Å². The van der Waals surface area contributed by atoms with Gasteiger partial charge in [-0.3, -0.25) is 0 Å². The predicted octanol–water partition coefficient (Wildman–Crippen LogP) is 4.43. The number of hydrogen-bond acceptors (Lipinski definition) is 2. The maximum Gasteiger partial charge on any atom is 0.461 e. The van der Waals surface area contributed by atoms with Crippen molar-refractivity contribution in [3.63, 3.8) is 0 Å². The average molecular weight is 296 g/mol. The van der Waals surface area contributed by atoms with Crippen LogP contribution in [-0.4, -0.2) is 13.2 Å². The van der Waals surface area contributed by atoms with E-state index < -0.39 is 0 Å². The Morgan fingerprint density at radius 3 is 2.68 bits per heavy atom. The van der Waals surface area contributed by atoms with Gasteiger partial charge in [-0.2, -0.15) is 0 Å². The topological polar surface area (TPSA) is 18.5 Å². The number of fused-ring (bicyclic) bond motifs is 5. The fourth-order valence-corrected chi connectivity index (χ4v) is 5.59. The Balaban J connectivity index is 1.89. The van der Waals surface area contributed by atoms with Gasteiger partial charge in [-0.25, -0.2) is 0 Å². The van der Waals surface area contributed by atoms with Crippen LogP contribution in [0.3, 0.4) is 0 Å². The molecule has 1 heterocycles. The molecule has 2 aliphatic carbocycles. The maximum atomic E-state index is 6.68. The van der Waals surface area contributed by atoms with Crippen LogP contribution >= 0.6 is 0 Å². The lowest BCUT2D eigenvalue weighted by molar-refractivity contribution is -0.0804. The molecule has 116 valence electrons. The molecule has 1 saturated heterocycles. The number of hydrogen-bond donors (Lipinski definition) is 0. The molecule has 0 unspecified atom stereocenters. The molecule has 0 amide bonds. The lowest BCUT2D eigenvalue weighted by Gasteiger charge is -2.48. The normalized spacial score (nSPS) is 41.7. The van der Waals surface area contributed by atoms with Crippen molar-refractivity contribution in [1.29, 1.82) is 0 Å². The largest absolute Gasteiger partial charge is 0.461 e. The molecular weight excluding hydrogens is 271 g/mol. The highest BCUT2D eigenvalue weighted by Gasteiger charge is 2.78. The smallest absolute Gasteiger partial charge is 0.404 e. The van der Waals surface area contributed by atoms with Crippen LogP contribution in [-0.2, 0) is 14.9 Å². The molecule has 4 rings (SSSR count). The van der Waals surface area contributed by atoms with Crippen molar-refractivity contribution in [1.82, 2.24) is 0 Å². The Bertz CT molecular complexity index is 599. The second kappa shape index (κ2) is 4.49. The molecule has 1 aromatic rings. The fraction of sp³-hybridized carbons (Fsp3) is 0.579. The number of rotatable bonds is 3. The standard InChI is InChI=1S/C19H25BO2/c1-5-13-20-21-16-15-11-12-18(4,17(15,2)3)19(16,22-20)14-9-7-6-8-10-14/h5-10,15-16H,1,11-13H2,2-4H3/t15-,16-,18-,19-/m0/s1. The summed E-state index contributed by atoms with van der Waals surface area (Å²) in [6.45, 7) is 11.1. The molecule has 1 aliphatic heterocycles. The van der Waals surface area contributed by atoms with Gasteiger partial charge in [0.1, 0.15) is 5.60 Å². The molecule has 0 spiro atoms. The van der Waals surface area contributed by atoms with Crippen LogP contribution in [0, 0.1) is 16.7 Å². The first kappa shape index (κ1) is 14.5. The van der Waals surface area contributed by atoms with Crippen molar-refractivity contribution in [3.8, 4) is 0 Å². The molecular formula is C19H25BO2. The summed E-state index contributed by atoms with van der Waals surface area (Å²) in [7, 11) is -0.154. The molecule has 22 heavy (non-hydrogen) atoms. The Hall–Kier alpha value is -1.06. The second-order valence-electron chi connectivity index (χ2n) is 7.93. The van der Waals surface area contributed by atoms with Gasteiger partial charge in [0, 0.05) is 11.7 Å². The maximum absolute atomic E-state index is 6.68. The van der Waals surface area contributed by atoms with Gasteiger partial charge in [-0.1, -0.05) is 57.2 Å². The Morgan fingerprint density at radius 2 is 2.00 bits per heavy atom. The van der Waals surface area contributed by atoms with Crippen LogP contribution in [0.4, 0.5) is 0 Å². The average Bonchev–Trinajstić information content (AvgIpc) is 3.03. The van der Waals surface area contributed by atoms with E-state index in [-0.39, 0.29) is 29.7 Å². The van der Waals surface area contributed by atoms with Gasteiger partial charge < -0.3 is 9.31 Å². The summed E-state index contributed by atoms with van der Waals surface area (Å²) in [5, 5.41) is 0. The molecule has 2 nitrogen and oxygen atoms in total. The Kier molecular flexibility index (Phi) is 2.96. The van der Waals surface area contributed by atoms with Crippen LogP contribution in [0.15, 0.2) is 43.0 Å². The zero-order chi connectivity index (χ0) is 15.6. The predicted molar refractivity (Wildman–Crippen MR) is 89.4 cm³/mol. The highest BCUT2D eigenvalue weighted by Crippen LogP contribution is 2.76. The zero-order valence-electron chi connectivity index (χ0n) is 13.8. The quantitative estimate of drug-likeness (QED) is 0.607. The van der Waals surface area contributed by atoms with Crippen LogP contribution < -0.4 is 0 Å². The third-order valence-electron chi connectivity index (χ3n) is 7.07. The van der Waals surface area contributed by atoms with Crippen LogP contribution in [0.5, 0.6) is 0 Å². The van der Waals surface area contributed by atoms with E-state index in [0.29, 0.717) is 5.92 Å². The van der Waals surface area contributed by atoms with Crippen molar-refractivity contribution < 1.29 is 9.31 Å². The van der Waals surface area contributed by atoms with Gasteiger partial charge in [0.15, 0.2) is 0 Å². The summed E-state index contributed by atoms with van der Waals surface area (Å²) in [4.78, 5) is 0. The molecule has 0 radical (unpaired) electrons. The lowest BCUT2D eigenvalue weighted by atomic mass is 9.61. The van der Waals surface area contributed by atoms with E-state index >= 15 is 0 Å². The van der Waals surface area contributed by atoms with Gasteiger partial charge in [-0.05, 0) is 29.7 Å². The zero-order valence-corrected chi connectivity index (χ0v) is 13.8. The van der Waals surface area contributed by atoms with Gasteiger partial charge in [0.2, 0.25) is 0 Å². The molecule has 4 atom stereocenters. The van der Waals surface area contributed by atoms with Gasteiger partial charge in [0.05, 0.1) is 6.10 Å². The van der Waals surface area contributed by atoms with E-state index in [1.54, 1.807) is 0 Å². The molecule has 1 aromatic carbocycles. The van der Waals surface area contributed by atoms with E-state index in [1.165, 1.54) is 18.4 Å². The molecule has 2 bridgehead atoms. The Labute approximate surface area is 134 Å². The lowest BCUT2D eigenvalue weighted by Crippen LogP contribution is -2.50. The van der Waals surface area contributed by atoms with Crippen molar-refractivity contribution in [2.75, 3.05) is 0 Å². The van der Waals surface area contributed by atoms with Gasteiger partial charge in [0.25, 0.3) is 0 Å². The number of allylic oxidation sites excluding steroid dienone is 1. The van der Waals surface area contributed by atoms with Gasteiger partial charge in [-0.15, -0.1) is 6.58 Å². The third kappa shape index (κ3) is 1.45. The minimum Gasteiger partial charge on any atom is -0.404 e. The summed E-state index contributed by atoms with van der Waals surface area (Å²) in [5.74, 6) is 0.563. The summed E-state index contributed by atoms with van der Waals surface area (Å²) >= 11 is 0. The monoisotopic (exact) mass is 296 g/mol. The summed E-state index contributed by atoms with van der Waals surface area (Å²) in [5.41, 5.74) is 1.30.